The molecule has 58 heavy (non-hydrogen) atoms. The van der Waals surface area contributed by atoms with E-state index in [1.165, 1.54) is 238 Å². The van der Waals surface area contributed by atoms with E-state index < -0.39 is 28.0 Å². The molecule has 0 rings (SSSR count). The molecule has 0 aromatic rings. The molecule has 0 aliphatic heterocycles. The van der Waals surface area contributed by atoms with Crippen molar-refractivity contribution in [3.8, 4) is 0 Å². The lowest BCUT2D eigenvalue weighted by atomic mass is 10.0. The van der Waals surface area contributed by atoms with Crippen molar-refractivity contribution in [3.05, 3.63) is 0 Å². The number of aliphatic hydroxyl groups excluding tert-OH is 1. The number of amides is 1. The van der Waals surface area contributed by atoms with Crippen LogP contribution in [0.1, 0.15) is 303 Å². The van der Waals surface area contributed by atoms with Crippen LogP contribution in [0.5, 0.6) is 0 Å². The number of hydrogen-bond acceptors (Lipinski definition) is 4. The van der Waals surface area contributed by atoms with E-state index in [9.17, 15) is 22.9 Å². The highest BCUT2D eigenvalue weighted by molar-refractivity contribution is 7.85. The van der Waals surface area contributed by atoms with Crippen LogP contribution < -0.4 is 5.32 Å². The second-order valence-electron chi connectivity index (χ2n) is 18.5. The average molecular weight is 842 g/mol. The summed E-state index contributed by atoms with van der Waals surface area (Å²) in [5.74, 6) is -0.877. The van der Waals surface area contributed by atoms with Crippen molar-refractivity contribution < 1.29 is 22.9 Å². The van der Waals surface area contributed by atoms with Gasteiger partial charge in [-0.1, -0.05) is 284 Å². The molecule has 7 heteroatoms. The average Bonchev–Trinajstić information content (AvgIpc) is 3.19. The zero-order valence-electron chi connectivity index (χ0n) is 39.2. The molecule has 1 amide bonds. The van der Waals surface area contributed by atoms with E-state index >= 15 is 0 Å². The Balaban J connectivity index is 3.69. The number of carbonyl (C=O) groups is 1. The highest BCUT2D eigenvalue weighted by Gasteiger charge is 2.26. The summed E-state index contributed by atoms with van der Waals surface area (Å²) < 4.78 is 32.8. The van der Waals surface area contributed by atoms with Crippen molar-refractivity contribution in [2.24, 2.45) is 0 Å². The summed E-state index contributed by atoms with van der Waals surface area (Å²) >= 11 is 0. The first-order valence-corrected chi connectivity index (χ1v) is 27.8. The van der Waals surface area contributed by atoms with E-state index in [0.29, 0.717) is 12.8 Å². The van der Waals surface area contributed by atoms with Crippen LogP contribution in [0.3, 0.4) is 0 Å². The number of rotatable bonds is 49. The molecular formula is C51H103NO5S. The Kier molecular flexibility index (Phi) is 45.3. The molecule has 0 saturated heterocycles. The van der Waals surface area contributed by atoms with Gasteiger partial charge in [-0.15, -0.1) is 0 Å². The minimum Gasteiger partial charge on any atom is -0.391 e. The fraction of sp³-hybridized carbons (Fsp3) is 0.980. The monoisotopic (exact) mass is 842 g/mol. The smallest absolute Gasteiger partial charge is 0.266 e. The highest BCUT2D eigenvalue weighted by Crippen LogP contribution is 2.18. The first-order valence-electron chi connectivity index (χ1n) is 26.2. The van der Waals surface area contributed by atoms with Crippen LogP contribution in [0, 0.1) is 0 Å². The van der Waals surface area contributed by atoms with Crippen molar-refractivity contribution >= 4 is 16.0 Å². The number of carbonyl (C=O) groups excluding carboxylic acids is 1. The molecule has 0 heterocycles. The molecule has 0 aromatic carbocycles. The van der Waals surface area contributed by atoms with Crippen molar-refractivity contribution in [1.29, 1.82) is 0 Å². The zero-order valence-corrected chi connectivity index (χ0v) is 40.0. The fourth-order valence-corrected chi connectivity index (χ4v) is 9.40. The Labute approximate surface area is 363 Å². The van der Waals surface area contributed by atoms with Crippen LogP contribution in [0.25, 0.3) is 0 Å². The van der Waals surface area contributed by atoms with E-state index in [1.807, 2.05) is 0 Å². The molecule has 0 bridgehead atoms. The Hall–Kier alpha value is -0.660. The maximum atomic E-state index is 12.6. The number of hydrogen-bond donors (Lipinski definition) is 3. The summed E-state index contributed by atoms with van der Waals surface area (Å²) in [6, 6.07) is -0.965. The van der Waals surface area contributed by atoms with Gasteiger partial charge >= 0.3 is 0 Å². The maximum absolute atomic E-state index is 12.6. The zero-order chi connectivity index (χ0) is 42.5. The van der Waals surface area contributed by atoms with Crippen LogP contribution in [-0.2, 0) is 14.9 Å². The summed E-state index contributed by atoms with van der Waals surface area (Å²) in [4.78, 5) is 12.6. The predicted molar refractivity (Wildman–Crippen MR) is 253 cm³/mol. The van der Waals surface area contributed by atoms with Gasteiger partial charge in [0, 0.05) is 6.42 Å². The first-order chi connectivity index (χ1) is 28.3. The molecule has 0 spiro atoms. The first kappa shape index (κ1) is 57.3. The third-order valence-corrected chi connectivity index (χ3v) is 13.3. The quantitative estimate of drug-likeness (QED) is 0.0418. The Morgan fingerprint density at radius 1 is 0.397 bits per heavy atom. The lowest BCUT2D eigenvalue weighted by Crippen LogP contribution is -2.47. The van der Waals surface area contributed by atoms with Crippen molar-refractivity contribution in [2.75, 3.05) is 5.75 Å². The van der Waals surface area contributed by atoms with E-state index in [1.54, 1.807) is 0 Å². The van der Waals surface area contributed by atoms with Gasteiger partial charge in [0.05, 0.1) is 17.9 Å². The van der Waals surface area contributed by atoms with Gasteiger partial charge in [-0.3, -0.25) is 9.35 Å². The maximum Gasteiger partial charge on any atom is 0.266 e. The van der Waals surface area contributed by atoms with Crippen LogP contribution in [0.4, 0.5) is 0 Å². The highest BCUT2D eigenvalue weighted by atomic mass is 32.2. The second kappa shape index (κ2) is 45.9. The van der Waals surface area contributed by atoms with Crippen molar-refractivity contribution in [3.63, 3.8) is 0 Å². The van der Waals surface area contributed by atoms with Crippen molar-refractivity contribution in [1.82, 2.24) is 5.32 Å². The predicted octanol–water partition coefficient (Wildman–Crippen LogP) is 16.3. The Morgan fingerprint density at radius 2 is 0.621 bits per heavy atom. The van der Waals surface area contributed by atoms with Gasteiger partial charge in [-0.2, -0.15) is 8.42 Å². The van der Waals surface area contributed by atoms with Crippen LogP contribution >= 0.6 is 0 Å². The molecule has 0 radical (unpaired) electrons. The normalized spacial score (nSPS) is 13.0. The van der Waals surface area contributed by atoms with Gasteiger partial charge in [-0.25, -0.2) is 0 Å². The molecule has 2 unspecified atom stereocenters. The summed E-state index contributed by atoms with van der Waals surface area (Å²) in [5, 5.41) is 13.5. The molecule has 0 saturated carbocycles. The SMILES string of the molecule is CCCCCCCCCCCCCCCCCCCCCCCCC(=O)NC(CS(=O)(=O)O)C(O)CCCCCCCCCCCCCCCCCCCCCCC. The number of unbranched alkanes of at least 4 members (excludes halogenated alkanes) is 41. The molecule has 0 aliphatic carbocycles. The summed E-state index contributed by atoms with van der Waals surface area (Å²) in [5.41, 5.74) is 0. The number of aliphatic hydroxyl groups is 1. The lowest BCUT2D eigenvalue weighted by molar-refractivity contribution is -0.122. The van der Waals surface area contributed by atoms with Gasteiger partial charge in [0.1, 0.15) is 0 Å². The number of nitrogens with one attached hydrogen (secondary N) is 1. The third-order valence-electron chi connectivity index (χ3n) is 12.6. The third kappa shape index (κ3) is 46.4. The van der Waals surface area contributed by atoms with Gasteiger partial charge < -0.3 is 10.4 Å². The minimum absolute atomic E-state index is 0.236. The molecular weight excluding hydrogens is 739 g/mol. The minimum atomic E-state index is -4.31. The Morgan fingerprint density at radius 3 is 0.862 bits per heavy atom. The molecule has 0 aliphatic rings. The topological polar surface area (TPSA) is 104 Å². The van der Waals surface area contributed by atoms with Crippen LogP contribution in [-0.4, -0.2) is 41.9 Å². The van der Waals surface area contributed by atoms with E-state index in [2.05, 4.69) is 19.2 Å². The van der Waals surface area contributed by atoms with Crippen molar-refractivity contribution in [2.45, 2.75) is 315 Å². The summed E-state index contributed by atoms with van der Waals surface area (Å²) in [7, 11) is -4.31. The molecule has 6 nitrogen and oxygen atoms in total. The molecule has 2 atom stereocenters. The summed E-state index contributed by atoms with van der Waals surface area (Å²) in [6.45, 7) is 4.57. The van der Waals surface area contributed by atoms with Gasteiger partial charge in [-0.05, 0) is 12.8 Å². The second-order valence-corrected chi connectivity index (χ2v) is 20.0. The largest absolute Gasteiger partial charge is 0.391 e. The lowest BCUT2D eigenvalue weighted by Gasteiger charge is -2.23. The fourth-order valence-electron chi connectivity index (χ4n) is 8.64. The van der Waals surface area contributed by atoms with Crippen LogP contribution in [0.2, 0.25) is 0 Å². The molecule has 348 valence electrons. The van der Waals surface area contributed by atoms with Gasteiger partial charge in [0.2, 0.25) is 5.91 Å². The van der Waals surface area contributed by atoms with E-state index in [4.69, 9.17) is 0 Å². The molecule has 3 N–H and O–H groups in total. The van der Waals surface area contributed by atoms with E-state index in [-0.39, 0.29) is 5.91 Å². The van der Waals surface area contributed by atoms with E-state index in [0.717, 1.165) is 38.5 Å². The molecule has 0 aromatic heterocycles. The Bertz CT molecular complexity index is 928. The van der Waals surface area contributed by atoms with Crippen LogP contribution in [0.15, 0.2) is 0 Å². The standard InChI is InChI=1S/C51H103NO5S/c1-3-5-7-9-11-13-15-17-19-21-23-25-27-29-31-33-35-37-39-41-43-45-47-51(54)52-49(48-58(55,56)57)50(53)46-44-42-40-38-36-34-32-30-28-26-24-22-20-18-16-14-12-10-8-6-4-2/h49-50,53H,3-48H2,1-2H3,(H,52,54)(H,55,56,57). The molecule has 0 fully saturated rings. The van der Waals surface area contributed by atoms with Gasteiger partial charge in [0.25, 0.3) is 10.1 Å². The van der Waals surface area contributed by atoms with Gasteiger partial charge in [0.15, 0.2) is 0 Å². The summed E-state index contributed by atoms with van der Waals surface area (Å²) in [6.07, 6.45) is 56.5.